The van der Waals surface area contributed by atoms with Gasteiger partial charge in [0.1, 0.15) is 11.6 Å². The quantitative estimate of drug-likeness (QED) is 0.554. The van der Waals surface area contributed by atoms with Crippen LogP contribution in [0.3, 0.4) is 0 Å². The van der Waals surface area contributed by atoms with E-state index in [9.17, 15) is 9.59 Å². The molecule has 1 aromatic heterocycles. The number of hydrogen-bond acceptors (Lipinski definition) is 4. The minimum absolute atomic E-state index is 0.0791. The zero-order chi connectivity index (χ0) is 21.5. The van der Waals surface area contributed by atoms with Crippen LogP contribution in [0.25, 0.3) is 0 Å². The molecule has 0 radical (unpaired) electrons. The standard InChI is InChI=1S/C25H25N3O3/c29-24(12-7-15-31-22-10-5-2-6-11-22)27-23-17-21(13-14-26-23)28-18-20(16-25(28)30)19-8-3-1-4-9-19/h1-6,8-11,13-14,17,20H,7,12,15-16,18H2,(H,26,27,29). The number of pyridine rings is 1. The number of para-hydroxylation sites is 1. The molecule has 3 aromatic rings. The van der Waals surface area contributed by atoms with E-state index in [1.54, 1.807) is 23.2 Å². The maximum absolute atomic E-state index is 12.6. The van der Waals surface area contributed by atoms with Gasteiger partial charge in [-0.3, -0.25) is 9.59 Å². The van der Waals surface area contributed by atoms with Crippen LogP contribution >= 0.6 is 0 Å². The molecule has 2 amide bonds. The van der Waals surface area contributed by atoms with Gasteiger partial charge in [0.15, 0.2) is 0 Å². The third-order valence-electron chi connectivity index (χ3n) is 5.28. The molecular formula is C25H25N3O3. The molecule has 6 heteroatoms. The first-order valence-corrected chi connectivity index (χ1v) is 10.5. The Balaban J connectivity index is 1.30. The van der Waals surface area contributed by atoms with E-state index in [0.29, 0.717) is 38.2 Å². The first-order chi connectivity index (χ1) is 15.2. The molecule has 31 heavy (non-hydrogen) atoms. The number of aromatic nitrogens is 1. The Hall–Kier alpha value is -3.67. The number of ether oxygens (including phenoxy) is 1. The molecule has 1 N–H and O–H groups in total. The van der Waals surface area contributed by atoms with E-state index in [1.165, 1.54) is 5.56 Å². The molecule has 0 spiro atoms. The van der Waals surface area contributed by atoms with Gasteiger partial charge in [-0.05, 0) is 30.2 Å². The van der Waals surface area contributed by atoms with Crippen molar-refractivity contribution in [2.24, 2.45) is 0 Å². The Morgan fingerprint density at radius 2 is 1.81 bits per heavy atom. The molecule has 6 nitrogen and oxygen atoms in total. The van der Waals surface area contributed by atoms with E-state index >= 15 is 0 Å². The van der Waals surface area contributed by atoms with E-state index in [0.717, 1.165) is 11.4 Å². The van der Waals surface area contributed by atoms with Gasteiger partial charge in [0.2, 0.25) is 11.8 Å². The molecule has 1 fully saturated rings. The molecule has 2 heterocycles. The van der Waals surface area contributed by atoms with Crippen LogP contribution in [0.4, 0.5) is 11.5 Å². The van der Waals surface area contributed by atoms with Crippen LogP contribution in [0.5, 0.6) is 5.75 Å². The fraction of sp³-hybridized carbons (Fsp3) is 0.240. The third kappa shape index (κ3) is 5.48. The summed E-state index contributed by atoms with van der Waals surface area (Å²) in [6, 6.07) is 23.2. The Kier molecular flexibility index (Phi) is 6.57. The van der Waals surface area contributed by atoms with E-state index in [4.69, 9.17) is 4.74 Å². The van der Waals surface area contributed by atoms with Crippen LogP contribution in [0, 0.1) is 0 Å². The summed E-state index contributed by atoms with van der Waals surface area (Å²) in [6.45, 7) is 1.09. The van der Waals surface area contributed by atoms with Crippen LogP contribution < -0.4 is 15.0 Å². The maximum atomic E-state index is 12.6. The number of hydrogen-bond donors (Lipinski definition) is 1. The summed E-state index contributed by atoms with van der Waals surface area (Å²) in [7, 11) is 0. The fourth-order valence-electron chi connectivity index (χ4n) is 3.71. The van der Waals surface area contributed by atoms with Crippen molar-refractivity contribution in [3.8, 4) is 5.75 Å². The molecule has 1 aliphatic heterocycles. The Morgan fingerprint density at radius 3 is 2.58 bits per heavy atom. The van der Waals surface area contributed by atoms with Crippen LogP contribution in [0.15, 0.2) is 79.0 Å². The molecule has 0 saturated carbocycles. The summed E-state index contributed by atoms with van der Waals surface area (Å²) in [6.07, 6.45) is 3.03. The second kappa shape index (κ2) is 9.89. The Morgan fingerprint density at radius 1 is 1.06 bits per heavy atom. The van der Waals surface area contributed by atoms with Crippen molar-refractivity contribution in [1.29, 1.82) is 0 Å². The highest BCUT2D eigenvalue weighted by atomic mass is 16.5. The summed E-state index contributed by atoms with van der Waals surface area (Å²) in [4.78, 5) is 30.9. The van der Waals surface area contributed by atoms with Crippen molar-refractivity contribution >= 4 is 23.3 Å². The van der Waals surface area contributed by atoms with E-state index < -0.39 is 0 Å². The SMILES string of the molecule is O=C(CCCOc1ccccc1)Nc1cc(N2CC(c3ccccc3)CC2=O)ccn1. The van der Waals surface area contributed by atoms with Crippen molar-refractivity contribution in [3.05, 3.63) is 84.6 Å². The predicted molar refractivity (Wildman–Crippen MR) is 120 cm³/mol. The van der Waals surface area contributed by atoms with Gasteiger partial charge < -0.3 is 15.0 Å². The predicted octanol–water partition coefficient (Wildman–Crippen LogP) is 4.40. The van der Waals surface area contributed by atoms with Crippen LogP contribution in [0.2, 0.25) is 0 Å². The van der Waals surface area contributed by atoms with Gasteiger partial charge in [0, 0.05) is 43.3 Å². The van der Waals surface area contributed by atoms with Crippen molar-refractivity contribution in [2.75, 3.05) is 23.4 Å². The number of rotatable bonds is 8. The molecule has 1 unspecified atom stereocenters. The topological polar surface area (TPSA) is 71.5 Å². The highest BCUT2D eigenvalue weighted by molar-refractivity contribution is 5.97. The highest BCUT2D eigenvalue weighted by Crippen LogP contribution is 2.32. The summed E-state index contributed by atoms with van der Waals surface area (Å²) < 4.78 is 5.61. The number of amides is 2. The largest absolute Gasteiger partial charge is 0.494 e. The van der Waals surface area contributed by atoms with Gasteiger partial charge in [0.25, 0.3) is 0 Å². The fourth-order valence-corrected chi connectivity index (χ4v) is 3.71. The van der Waals surface area contributed by atoms with Crippen molar-refractivity contribution in [3.63, 3.8) is 0 Å². The minimum Gasteiger partial charge on any atom is -0.494 e. The van der Waals surface area contributed by atoms with Crippen LogP contribution in [0.1, 0.15) is 30.7 Å². The lowest BCUT2D eigenvalue weighted by Crippen LogP contribution is -2.24. The number of nitrogens with zero attached hydrogens (tertiary/aromatic N) is 2. The minimum atomic E-state index is -0.128. The second-order valence-electron chi connectivity index (χ2n) is 7.53. The number of benzene rings is 2. The lowest BCUT2D eigenvalue weighted by atomic mass is 9.99. The molecule has 158 valence electrons. The molecule has 0 aliphatic carbocycles. The number of carbonyl (C=O) groups is 2. The molecule has 1 aliphatic rings. The summed E-state index contributed by atoms with van der Waals surface area (Å²) >= 11 is 0. The van der Waals surface area contributed by atoms with Crippen molar-refractivity contribution in [1.82, 2.24) is 4.98 Å². The zero-order valence-electron chi connectivity index (χ0n) is 17.2. The van der Waals surface area contributed by atoms with E-state index in [2.05, 4.69) is 22.4 Å². The summed E-state index contributed by atoms with van der Waals surface area (Å²) in [5.74, 6) is 1.36. The number of nitrogens with one attached hydrogen (secondary N) is 1. The number of carbonyl (C=O) groups excluding carboxylic acids is 2. The zero-order valence-corrected chi connectivity index (χ0v) is 17.2. The average molecular weight is 415 g/mol. The molecule has 0 bridgehead atoms. The molecule has 1 atom stereocenters. The van der Waals surface area contributed by atoms with E-state index in [1.807, 2.05) is 48.5 Å². The van der Waals surface area contributed by atoms with Gasteiger partial charge in [-0.2, -0.15) is 0 Å². The van der Waals surface area contributed by atoms with Gasteiger partial charge in [-0.15, -0.1) is 0 Å². The number of anilines is 2. The monoisotopic (exact) mass is 415 g/mol. The highest BCUT2D eigenvalue weighted by Gasteiger charge is 2.31. The lowest BCUT2D eigenvalue weighted by molar-refractivity contribution is -0.117. The summed E-state index contributed by atoms with van der Waals surface area (Å²) in [5.41, 5.74) is 1.92. The summed E-state index contributed by atoms with van der Waals surface area (Å²) in [5, 5.41) is 2.82. The molecule has 4 rings (SSSR count). The lowest BCUT2D eigenvalue weighted by Gasteiger charge is -2.17. The Bertz CT molecular complexity index is 1020. The van der Waals surface area contributed by atoms with Crippen molar-refractivity contribution in [2.45, 2.75) is 25.2 Å². The van der Waals surface area contributed by atoms with Gasteiger partial charge in [-0.25, -0.2) is 4.98 Å². The van der Waals surface area contributed by atoms with E-state index in [-0.39, 0.29) is 17.7 Å². The molecular weight excluding hydrogens is 390 g/mol. The molecule has 1 saturated heterocycles. The molecule has 2 aromatic carbocycles. The second-order valence-corrected chi connectivity index (χ2v) is 7.53. The third-order valence-corrected chi connectivity index (χ3v) is 5.28. The first kappa shape index (κ1) is 20.6. The van der Waals surface area contributed by atoms with Crippen LogP contribution in [-0.2, 0) is 9.59 Å². The normalized spacial score (nSPS) is 15.7. The first-order valence-electron chi connectivity index (χ1n) is 10.5. The van der Waals surface area contributed by atoms with Gasteiger partial charge in [0.05, 0.1) is 6.61 Å². The average Bonchev–Trinajstić information content (AvgIpc) is 3.20. The van der Waals surface area contributed by atoms with Crippen LogP contribution in [-0.4, -0.2) is 29.9 Å². The van der Waals surface area contributed by atoms with Gasteiger partial charge in [-0.1, -0.05) is 48.5 Å². The van der Waals surface area contributed by atoms with Crippen molar-refractivity contribution < 1.29 is 14.3 Å². The Labute approximate surface area is 181 Å². The maximum Gasteiger partial charge on any atom is 0.227 e. The smallest absolute Gasteiger partial charge is 0.227 e. The van der Waals surface area contributed by atoms with Gasteiger partial charge >= 0.3 is 0 Å².